The van der Waals surface area contributed by atoms with Crippen molar-refractivity contribution in [2.45, 2.75) is 19.1 Å². The topological polar surface area (TPSA) is 74.9 Å². The molecule has 2 aliphatic heterocycles. The van der Waals surface area contributed by atoms with E-state index >= 15 is 0 Å². The molecule has 2 aliphatic rings. The maximum atomic E-state index is 9.32. The first kappa shape index (κ1) is 20.0. The highest BCUT2D eigenvalue weighted by atomic mass is 16.3. The molecule has 2 N–H and O–H groups in total. The molecule has 0 aliphatic carbocycles. The van der Waals surface area contributed by atoms with Gasteiger partial charge < -0.3 is 20.2 Å². The van der Waals surface area contributed by atoms with Crippen LogP contribution in [-0.2, 0) is 0 Å². The van der Waals surface area contributed by atoms with Crippen LogP contribution in [0.25, 0.3) is 0 Å². The van der Waals surface area contributed by atoms with E-state index in [0.29, 0.717) is 5.92 Å². The molecule has 6 heteroatoms. The van der Waals surface area contributed by atoms with E-state index in [1.54, 1.807) is 0 Å². The van der Waals surface area contributed by atoms with E-state index in [4.69, 9.17) is 4.99 Å². The highest BCUT2D eigenvalue weighted by Gasteiger charge is 2.20. The smallest absolute Gasteiger partial charge is 0.197 e. The van der Waals surface area contributed by atoms with Crippen molar-refractivity contribution < 1.29 is 5.11 Å². The Morgan fingerprint density at radius 2 is 1.80 bits per heavy atom. The van der Waals surface area contributed by atoms with Crippen molar-refractivity contribution in [2.24, 2.45) is 10.9 Å². The number of aliphatic hydroxyl groups excluding tert-OH is 1. The minimum absolute atomic E-state index is 0.262. The highest BCUT2D eigenvalue weighted by Crippen LogP contribution is 2.25. The Kier molecular flexibility index (Phi) is 6.31. The normalized spacial score (nSPS) is 19.3. The average molecular weight is 402 g/mol. The number of hydrogen-bond acceptors (Lipinski definition) is 6. The molecule has 4 rings (SSSR count). The van der Waals surface area contributed by atoms with Gasteiger partial charge in [-0.2, -0.15) is 5.26 Å². The van der Waals surface area contributed by atoms with Gasteiger partial charge in [0.05, 0.1) is 11.8 Å². The summed E-state index contributed by atoms with van der Waals surface area (Å²) in [6, 6.07) is 20.6. The van der Waals surface area contributed by atoms with E-state index in [1.165, 1.54) is 5.69 Å². The first-order chi connectivity index (χ1) is 14.8. The minimum atomic E-state index is -0.337. The van der Waals surface area contributed by atoms with Gasteiger partial charge in [0.1, 0.15) is 6.54 Å². The van der Waals surface area contributed by atoms with Crippen LogP contribution in [0, 0.1) is 17.2 Å². The summed E-state index contributed by atoms with van der Waals surface area (Å²) in [4.78, 5) is 9.09. The summed E-state index contributed by atoms with van der Waals surface area (Å²) in [6.45, 7) is 2.51. The molecule has 0 spiro atoms. The molecule has 0 aromatic heterocycles. The van der Waals surface area contributed by atoms with E-state index in [-0.39, 0.29) is 19.4 Å². The average Bonchev–Trinajstić information content (AvgIpc) is 2.81. The molecule has 1 atom stereocenters. The zero-order valence-electron chi connectivity index (χ0n) is 17.0. The summed E-state index contributed by atoms with van der Waals surface area (Å²) in [5.41, 5.74) is 4.11. The molecular weight excluding hydrogens is 374 g/mol. The number of allylic oxidation sites excluding steroid dienone is 1. The molecular formula is C24H27N5O. The zero-order chi connectivity index (χ0) is 20.8. The van der Waals surface area contributed by atoms with Crippen LogP contribution >= 0.6 is 0 Å². The molecule has 1 saturated heterocycles. The van der Waals surface area contributed by atoms with E-state index < -0.39 is 0 Å². The number of benzene rings is 2. The summed E-state index contributed by atoms with van der Waals surface area (Å²) in [6.07, 6.45) is 5.60. The van der Waals surface area contributed by atoms with Gasteiger partial charge in [-0.3, -0.25) is 0 Å². The quantitative estimate of drug-likeness (QED) is 0.726. The maximum absolute atomic E-state index is 9.32. The third kappa shape index (κ3) is 4.64. The standard InChI is InChI=1S/C24H27N5O/c25-13-17-29-16-12-23(20-4-2-1-3-5-20)27-24(29)26-21-6-8-22(9-7-21)28-14-10-19(18-30)11-15-28/h1-9,12,16,19,24,26,30H,10-11,14-15,17-18H2. The molecule has 154 valence electrons. The van der Waals surface area contributed by atoms with Crippen LogP contribution in [0.2, 0.25) is 0 Å². The number of nitriles is 1. The summed E-state index contributed by atoms with van der Waals surface area (Å²) in [5, 5.41) is 22.0. The van der Waals surface area contributed by atoms with Gasteiger partial charge in [0.25, 0.3) is 0 Å². The minimum Gasteiger partial charge on any atom is -0.396 e. The predicted molar refractivity (Wildman–Crippen MR) is 120 cm³/mol. The lowest BCUT2D eigenvalue weighted by Gasteiger charge is -2.33. The summed E-state index contributed by atoms with van der Waals surface area (Å²) >= 11 is 0. The van der Waals surface area contributed by atoms with Crippen LogP contribution in [0.15, 0.2) is 71.9 Å². The molecule has 30 heavy (non-hydrogen) atoms. The van der Waals surface area contributed by atoms with Gasteiger partial charge in [0.2, 0.25) is 0 Å². The molecule has 2 aromatic rings. The fraction of sp³-hybridized carbons (Fsp3) is 0.333. The predicted octanol–water partition coefficient (Wildman–Crippen LogP) is 3.43. The van der Waals surface area contributed by atoms with Gasteiger partial charge in [-0.1, -0.05) is 30.3 Å². The second-order valence-electron chi connectivity index (χ2n) is 7.70. The number of aliphatic imine (C=N–C) groups is 1. The summed E-state index contributed by atoms with van der Waals surface area (Å²) in [5.74, 6) is 0.435. The van der Waals surface area contributed by atoms with Gasteiger partial charge in [-0.05, 0) is 54.7 Å². The Morgan fingerprint density at radius 1 is 1.07 bits per heavy atom. The number of nitrogens with one attached hydrogen (secondary N) is 1. The largest absolute Gasteiger partial charge is 0.396 e. The lowest BCUT2D eigenvalue weighted by atomic mass is 9.97. The zero-order valence-corrected chi connectivity index (χ0v) is 17.0. The molecule has 0 amide bonds. The molecule has 2 heterocycles. The second-order valence-corrected chi connectivity index (χ2v) is 7.70. The number of hydrogen-bond donors (Lipinski definition) is 2. The molecule has 0 saturated carbocycles. The third-order valence-corrected chi connectivity index (χ3v) is 5.72. The lowest BCUT2D eigenvalue weighted by Crippen LogP contribution is -2.39. The Morgan fingerprint density at radius 3 is 2.47 bits per heavy atom. The Balaban J connectivity index is 1.46. The van der Waals surface area contributed by atoms with Crippen molar-refractivity contribution in [2.75, 3.05) is 36.5 Å². The number of anilines is 2. The first-order valence-electron chi connectivity index (χ1n) is 10.4. The van der Waals surface area contributed by atoms with Gasteiger partial charge in [-0.25, -0.2) is 4.99 Å². The number of aliphatic hydroxyl groups is 1. The molecule has 0 radical (unpaired) electrons. The highest BCUT2D eigenvalue weighted by molar-refractivity contribution is 6.09. The van der Waals surface area contributed by atoms with Crippen LogP contribution in [0.1, 0.15) is 18.4 Å². The summed E-state index contributed by atoms with van der Waals surface area (Å²) < 4.78 is 0. The molecule has 2 aromatic carbocycles. The lowest BCUT2D eigenvalue weighted by molar-refractivity contribution is 0.203. The number of nitrogens with zero attached hydrogens (tertiary/aromatic N) is 4. The van der Waals surface area contributed by atoms with Crippen LogP contribution in [0.4, 0.5) is 11.4 Å². The van der Waals surface area contributed by atoms with E-state index in [9.17, 15) is 10.4 Å². The fourth-order valence-corrected chi connectivity index (χ4v) is 3.90. The van der Waals surface area contributed by atoms with Gasteiger partial charge in [0, 0.05) is 37.3 Å². The van der Waals surface area contributed by atoms with Crippen LogP contribution < -0.4 is 10.2 Å². The van der Waals surface area contributed by atoms with Crippen molar-refractivity contribution in [3.05, 3.63) is 72.4 Å². The summed E-state index contributed by atoms with van der Waals surface area (Å²) in [7, 11) is 0. The molecule has 1 fully saturated rings. The van der Waals surface area contributed by atoms with Gasteiger partial charge in [0.15, 0.2) is 6.29 Å². The Labute approximate surface area is 177 Å². The van der Waals surface area contributed by atoms with Crippen molar-refractivity contribution >= 4 is 17.1 Å². The van der Waals surface area contributed by atoms with Crippen molar-refractivity contribution in [3.63, 3.8) is 0 Å². The SMILES string of the molecule is N#CCN1C=CC(c2ccccc2)=NC1Nc1ccc(N2CCC(CO)CC2)cc1. The van der Waals surface area contributed by atoms with Crippen LogP contribution in [0.3, 0.4) is 0 Å². The van der Waals surface area contributed by atoms with Crippen molar-refractivity contribution in [1.82, 2.24) is 4.90 Å². The Hall–Kier alpha value is -3.30. The van der Waals surface area contributed by atoms with Crippen molar-refractivity contribution in [1.29, 1.82) is 5.26 Å². The van der Waals surface area contributed by atoms with Crippen molar-refractivity contribution in [3.8, 4) is 6.07 Å². The monoisotopic (exact) mass is 401 g/mol. The second kappa shape index (κ2) is 9.47. The van der Waals surface area contributed by atoms with Gasteiger partial charge >= 0.3 is 0 Å². The fourth-order valence-electron chi connectivity index (χ4n) is 3.90. The Bertz CT molecular complexity index is 924. The number of rotatable bonds is 6. The molecule has 1 unspecified atom stereocenters. The molecule has 6 nitrogen and oxygen atoms in total. The molecule has 0 bridgehead atoms. The van der Waals surface area contributed by atoms with E-state index in [0.717, 1.165) is 42.9 Å². The van der Waals surface area contributed by atoms with Crippen LogP contribution in [-0.4, -0.2) is 48.2 Å². The van der Waals surface area contributed by atoms with Gasteiger partial charge in [-0.15, -0.1) is 0 Å². The maximum Gasteiger partial charge on any atom is 0.197 e. The first-order valence-corrected chi connectivity index (χ1v) is 10.4. The van der Waals surface area contributed by atoms with Crippen LogP contribution in [0.5, 0.6) is 0 Å². The van der Waals surface area contributed by atoms with E-state index in [2.05, 4.69) is 40.6 Å². The number of piperidine rings is 1. The van der Waals surface area contributed by atoms with E-state index in [1.807, 2.05) is 47.5 Å². The third-order valence-electron chi connectivity index (χ3n) is 5.72.